The number of hydrogen-bond donors (Lipinski definition) is 4. The average molecular weight is 512 g/mol. The molecule has 1 saturated heterocycles. The summed E-state index contributed by atoms with van der Waals surface area (Å²) in [5, 5.41) is 38.3. The SMILES string of the molecule is Cn1nnnc1SCSC1=C(C(=O)O)N2C(=O)[C@@H](NC(=O)/C(=N\O)c3csc(N)n3)[C@H]2CC1. The molecule has 5 N–H and O–H groups in total. The molecule has 2 aliphatic rings. The van der Waals surface area contributed by atoms with Crippen LogP contribution in [-0.4, -0.2) is 81.1 Å². The van der Waals surface area contributed by atoms with Gasteiger partial charge >= 0.3 is 5.97 Å². The highest BCUT2D eigenvalue weighted by Gasteiger charge is 2.53. The number of carbonyl (C=O) groups excluding carboxylic acids is 2. The number of nitrogens with zero attached hydrogens (tertiary/aromatic N) is 7. The molecule has 0 aromatic carbocycles. The Balaban J connectivity index is 1.44. The molecule has 0 unspecified atom stereocenters. The highest BCUT2D eigenvalue weighted by molar-refractivity contribution is 8.17. The quantitative estimate of drug-likeness (QED) is 0.0901. The topological polar surface area (TPSA) is 202 Å². The molecule has 0 radical (unpaired) electrons. The van der Waals surface area contributed by atoms with Crippen molar-refractivity contribution in [3.05, 3.63) is 21.7 Å². The third-order valence-electron chi connectivity index (χ3n) is 4.96. The number of nitrogen functional groups attached to an aromatic ring is 1. The Bertz CT molecular complexity index is 1180. The Kier molecular flexibility index (Phi) is 6.52. The summed E-state index contributed by atoms with van der Waals surface area (Å²) in [6, 6.07) is -1.46. The molecule has 14 nitrogen and oxygen atoms in total. The molecule has 0 saturated carbocycles. The molecule has 2 amide bonds. The standard InChI is InChI=1S/C16H17N9O5S3/c1-24-16(20-22-23-24)33-5-32-8-3-2-7-10(13(27)25(7)11(8)14(28)29)19-12(26)9(21-30)6-4-31-15(17)18-6/h4,7,10,30H,2-3,5H2,1H3,(H2,17,18)(H,19,26)(H,28,29)/b21-9-/t7-,10+/m1/s1. The number of aryl methyl sites for hydroxylation is 1. The summed E-state index contributed by atoms with van der Waals surface area (Å²) in [4.78, 5) is 43.0. The van der Waals surface area contributed by atoms with Crippen molar-refractivity contribution in [2.75, 3.05) is 10.8 Å². The molecular weight excluding hydrogens is 494 g/mol. The summed E-state index contributed by atoms with van der Waals surface area (Å²) in [5.41, 5.74) is 5.15. The molecule has 0 aliphatic carbocycles. The number of carboxylic acids is 1. The van der Waals surface area contributed by atoms with Gasteiger partial charge < -0.3 is 21.4 Å². The van der Waals surface area contributed by atoms with Crippen LogP contribution in [0.3, 0.4) is 0 Å². The molecule has 17 heteroatoms. The summed E-state index contributed by atoms with van der Waals surface area (Å²) in [7, 11) is 1.70. The largest absolute Gasteiger partial charge is 0.477 e. The van der Waals surface area contributed by atoms with E-state index >= 15 is 0 Å². The number of amides is 2. The van der Waals surface area contributed by atoms with Crippen LogP contribution >= 0.6 is 34.9 Å². The molecule has 33 heavy (non-hydrogen) atoms. The van der Waals surface area contributed by atoms with Crippen LogP contribution < -0.4 is 11.1 Å². The second-order valence-electron chi connectivity index (χ2n) is 6.85. The number of tetrazole rings is 1. The van der Waals surface area contributed by atoms with E-state index in [9.17, 15) is 24.7 Å². The van der Waals surface area contributed by atoms with Crippen LogP contribution in [-0.2, 0) is 21.4 Å². The number of carbonyl (C=O) groups is 3. The first-order valence-electron chi connectivity index (χ1n) is 9.33. The fourth-order valence-electron chi connectivity index (χ4n) is 3.48. The predicted molar refractivity (Wildman–Crippen MR) is 118 cm³/mol. The Morgan fingerprint density at radius 3 is 2.82 bits per heavy atom. The predicted octanol–water partition coefficient (Wildman–Crippen LogP) is -0.304. The van der Waals surface area contributed by atoms with Crippen molar-refractivity contribution in [1.82, 2.24) is 35.4 Å². The van der Waals surface area contributed by atoms with Crippen molar-refractivity contribution >= 4 is 63.5 Å². The van der Waals surface area contributed by atoms with Crippen LogP contribution in [0.1, 0.15) is 18.5 Å². The van der Waals surface area contributed by atoms with E-state index in [1.54, 1.807) is 7.05 Å². The first-order chi connectivity index (χ1) is 15.8. The molecule has 2 aliphatic heterocycles. The average Bonchev–Trinajstić information content (AvgIpc) is 3.39. The van der Waals surface area contributed by atoms with E-state index < -0.39 is 29.9 Å². The molecule has 4 rings (SSSR count). The maximum absolute atomic E-state index is 12.8. The fourth-order valence-corrected chi connectivity index (χ4v) is 6.16. The summed E-state index contributed by atoms with van der Waals surface area (Å²) in [6.45, 7) is 0. The number of nitrogens with one attached hydrogen (secondary N) is 1. The zero-order chi connectivity index (χ0) is 23.7. The highest BCUT2D eigenvalue weighted by Crippen LogP contribution is 2.42. The fraction of sp³-hybridized carbons (Fsp3) is 0.375. The third kappa shape index (κ3) is 4.38. The number of carboxylic acid groups (broad SMARTS) is 1. The number of rotatable bonds is 8. The summed E-state index contributed by atoms with van der Waals surface area (Å²) < 4.78 is 1.50. The number of aliphatic carboxylic acids is 1. The number of allylic oxidation sites excluding steroid dienone is 1. The van der Waals surface area contributed by atoms with Gasteiger partial charge in [-0.25, -0.2) is 14.5 Å². The number of β-lactam (4-membered cyclic amide) rings is 1. The molecule has 2 aromatic rings. The maximum atomic E-state index is 12.8. The van der Waals surface area contributed by atoms with E-state index in [0.29, 0.717) is 28.0 Å². The number of thiazole rings is 1. The zero-order valence-electron chi connectivity index (χ0n) is 16.9. The van der Waals surface area contributed by atoms with Crippen LogP contribution in [0.2, 0.25) is 0 Å². The first kappa shape index (κ1) is 23.0. The number of thioether (sulfide) groups is 2. The van der Waals surface area contributed by atoms with E-state index in [2.05, 4.69) is 31.0 Å². The van der Waals surface area contributed by atoms with Crippen LogP contribution in [0.4, 0.5) is 5.13 Å². The summed E-state index contributed by atoms with van der Waals surface area (Å²) in [5.74, 6) is -2.58. The van der Waals surface area contributed by atoms with Gasteiger partial charge in [0.15, 0.2) is 10.8 Å². The molecule has 4 heterocycles. The molecular formula is C16H17N9O5S3. The maximum Gasteiger partial charge on any atom is 0.353 e. The lowest BCUT2D eigenvalue weighted by atomic mass is 9.86. The minimum Gasteiger partial charge on any atom is -0.477 e. The van der Waals surface area contributed by atoms with Gasteiger partial charge in [-0.05, 0) is 23.3 Å². The van der Waals surface area contributed by atoms with E-state index in [0.717, 1.165) is 11.3 Å². The van der Waals surface area contributed by atoms with E-state index in [-0.39, 0.29) is 22.2 Å². The van der Waals surface area contributed by atoms with E-state index in [1.807, 2.05) is 0 Å². The number of fused-ring (bicyclic) bond motifs is 1. The van der Waals surface area contributed by atoms with Crippen molar-refractivity contribution < 1.29 is 24.7 Å². The first-order valence-corrected chi connectivity index (χ1v) is 12.2. The number of aromatic nitrogens is 5. The smallest absolute Gasteiger partial charge is 0.353 e. The molecule has 2 atom stereocenters. The van der Waals surface area contributed by atoms with Crippen molar-refractivity contribution in [3.8, 4) is 0 Å². The van der Waals surface area contributed by atoms with Crippen molar-refractivity contribution in [2.45, 2.75) is 30.1 Å². The van der Waals surface area contributed by atoms with Gasteiger partial charge in [-0.2, -0.15) is 0 Å². The minimum atomic E-state index is -1.22. The van der Waals surface area contributed by atoms with Crippen LogP contribution in [0.15, 0.2) is 26.3 Å². The number of nitrogens with two attached hydrogens (primary N) is 1. The van der Waals surface area contributed by atoms with Gasteiger partial charge in [0.25, 0.3) is 11.8 Å². The number of anilines is 1. The number of hydrogen-bond acceptors (Lipinski definition) is 13. The molecule has 2 aromatic heterocycles. The summed E-state index contributed by atoms with van der Waals surface area (Å²) >= 11 is 3.72. The number of oxime groups is 1. The monoisotopic (exact) mass is 511 g/mol. The van der Waals surface area contributed by atoms with Crippen LogP contribution in [0.25, 0.3) is 0 Å². The Morgan fingerprint density at radius 2 is 2.21 bits per heavy atom. The van der Waals surface area contributed by atoms with E-state index in [1.165, 1.54) is 38.5 Å². The highest BCUT2D eigenvalue weighted by atomic mass is 32.2. The summed E-state index contributed by atoms with van der Waals surface area (Å²) in [6.07, 6.45) is 0.884. The van der Waals surface area contributed by atoms with Crippen LogP contribution in [0, 0.1) is 0 Å². The van der Waals surface area contributed by atoms with Gasteiger partial charge in [-0.1, -0.05) is 16.9 Å². The minimum absolute atomic E-state index is 0.0743. The molecule has 1 fully saturated rings. The van der Waals surface area contributed by atoms with Crippen molar-refractivity contribution in [1.29, 1.82) is 0 Å². The Hall–Kier alpha value is -3.18. The third-order valence-corrected chi connectivity index (χ3v) is 7.93. The van der Waals surface area contributed by atoms with Gasteiger partial charge in [0.1, 0.15) is 17.4 Å². The Morgan fingerprint density at radius 1 is 1.42 bits per heavy atom. The van der Waals surface area contributed by atoms with Gasteiger partial charge in [-0.3, -0.25) is 14.5 Å². The lowest BCUT2D eigenvalue weighted by molar-refractivity contribution is -0.155. The molecule has 0 bridgehead atoms. The van der Waals surface area contributed by atoms with Crippen LogP contribution in [0.5, 0.6) is 0 Å². The van der Waals surface area contributed by atoms with Gasteiger partial charge in [-0.15, -0.1) is 28.2 Å². The molecule has 0 spiro atoms. The van der Waals surface area contributed by atoms with Crippen molar-refractivity contribution in [2.24, 2.45) is 12.2 Å². The lowest BCUT2D eigenvalue weighted by Crippen LogP contribution is -2.72. The van der Waals surface area contributed by atoms with Gasteiger partial charge in [0, 0.05) is 17.3 Å². The normalized spacial score (nSPS) is 20.5. The lowest BCUT2D eigenvalue weighted by Gasteiger charge is -2.50. The second-order valence-corrected chi connectivity index (χ2v) is 10.1. The van der Waals surface area contributed by atoms with Gasteiger partial charge in [0.2, 0.25) is 5.16 Å². The molecule has 174 valence electrons. The second kappa shape index (κ2) is 9.36. The zero-order valence-corrected chi connectivity index (χ0v) is 19.4. The Labute approximate surface area is 198 Å². The van der Waals surface area contributed by atoms with E-state index in [4.69, 9.17) is 5.73 Å². The van der Waals surface area contributed by atoms with Crippen molar-refractivity contribution in [3.63, 3.8) is 0 Å². The van der Waals surface area contributed by atoms with Gasteiger partial charge in [0.05, 0.1) is 11.1 Å².